The minimum absolute atomic E-state index is 0.0445. The number of carbonyl (C=O) groups excluding carboxylic acids is 1. The Morgan fingerprint density at radius 2 is 1.87 bits per heavy atom. The molecule has 4 N–H and O–H groups in total. The van der Waals surface area contributed by atoms with Crippen LogP contribution in [0.2, 0.25) is 0 Å². The quantitative estimate of drug-likeness (QED) is 0.360. The maximum Gasteiger partial charge on any atom is 0.339 e. The zero-order valence-electron chi connectivity index (χ0n) is 21.4. The van der Waals surface area contributed by atoms with Crippen LogP contribution in [0.4, 0.5) is 0 Å². The van der Waals surface area contributed by atoms with E-state index in [9.17, 15) is 18.0 Å². The molecule has 202 valence electrons. The molecule has 1 aromatic heterocycles. The molecule has 1 aliphatic carbocycles. The fraction of sp³-hybridized carbons (Fsp3) is 0.333. The topological polar surface area (TPSA) is 151 Å². The number of benzene rings is 2. The molecule has 0 saturated carbocycles. The molecule has 38 heavy (non-hydrogen) atoms. The van der Waals surface area contributed by atoms with Crippen molar-refractivity contribution in [3.8, 4) is 5.75 Å². The van der Waals surface area contributed by atoms with Gasteiger partial charge >= 0.3 is 5.97 Å². The molecule has 0 fully saturated rings. The Morgan fingerprint density at radius 1 is 1.16 bits per heavy atom. The third-order valence-electron chi connectivity index (χ3n) is 7.16. The van der Waals surface area contributed by atoms with Crippen LogP contribution in [0, 0.1) is 5.92 Å². The van der Waals surface area contributed by atoms with Crippen molar-refractivity contribution in [3.05, 3.63) is 65.4 Å². The maximum absolute atomic E-state index is 12.9. The van der Waals surface area contributed by atoms with Gasteiger partial charge in [-0.25, -0.2) is 4.79 Å². The minimum atomic E-state index is -4.45. The zero-order valence-corrected chi connectivity index (χ0v) is 22.2. The van der Waals surface area contributed by atoms with Crippen molar-refractivity contribution >= 4 is 38.5 Å². The molecule has 0 unspecified atom stereocenters. The first kappa shape index (κ1) is 27.4. The molecule has 0 spiro atoms. The van der Waals surface area contributed by atoms with Crippen LogP contribution in [0.25, 0.3) is 16.5 Å². The Bertz CT molecular complexity index is 1520. The number of carbonyl (C=O) groups is 2. The molecule has 11 heteroatoms. The second-order valence-electron chi connectivity index (χ2n) is 9.40. The molecule has 2 aliphatic rings. The highest BCUT2D eigenvalue weighted by molar-refractivity contribution is 7.85. The van der Waals surface area contributed by atoms with Crippen LogP contribution in [0.1, 0.15) is 35.3 Å². The first-order chi connectivity index (χ1) is 18.0. The van der Waals surface area contributed by atoms with E-state index in [1.807, 2.05) is 4.90 Å². The first-order valence-electron chi connectivity index (χ1n) is 12.3. The van der Waals surface area contributed by atoms with E-state index >= 15 is 0 Å². The molecule has 2 heterocycles. The molecular formula is C27H31N3O7S. The summed E-state index contributed by atoms with van der Waals surface area (Å²) in [6.45, 7) is 6.47. The number of amides is 1. The van der Waals surface area contributed by atoms with E-state index in [-0.39, 0.29) is 11.8 Å². The number of hydrogen-bond donors (Lipinski definition) is 4. The van der Waals surface area contributed by atoms with Gasteiger partial charge in [-0.15, -0.1) is 0 Å². The van der Waals surface area contributed by atoms with Crippen molar-refractivity contribution < 1.29 is 32.8 Å². The van der Waals surface area contributed by atoms with Gasteiger partial charge in [-0.1, -0.05) is 18.2 Å². The Morgan fingerprint density at radius 3 is 2.50 bits per heavy atom. The number of aromatic amines is 1. The van der Waals surface area contributed by atoms with E-state index in [1.54, 1.807) is 0 Å². The molecule has 10 nitrogen and oxygen atoms in total. The molecule has 0 radical (unpaired) electrons. The smallest absolute Gasteiger partial charge is 0.339 e. The summed E-state index contributed by atoms with van der Waals surface area (Å²) in [7, 11) is -2.30. The minimum Gasteiger partial charge on any atom is -0.507 e. The molecule has 5 rings (SSSR count). The predicted octanol–water partition coefficient (Wildman–Crippen LogP) is 3.24. The van der Waals surface area contributed by atoms with Gasteiger partial charge in [0, 0.05) is 42.8 Å². The van der Waals surface area contributed by atoms with E-state index < -0.39 is 32.3 Å². The Balaban J connectivity index is 0.000000206. The van der Waals surface area contributed by atoms with Gasteiger partial charge in [0.05, 0.1) is 10.8 Å². The van der Waals surface area contributed by atoms with Crippen molar-refractivity contribution in [2.24, 2.45) is 5.92 Å². The number of carboxylic acid groups (broad SMARTS) is 1. The van der Waals surface area contributed by atoms with Gasteiger partial charge in [-0.05, 0) is 68.3 Å². The average molecular weight is 542 g/mol. The molecule has 2 aromatic carbocycles. The van der Waals surface area contributed by atoms with Crippen LogP contribution in [0.15, 0.2) is 53.6 Å². The molecule has 2 atom stereocenters. The van der Waals surface area contributed by atoms with E-state index in [2.05, 4.69) is 61.3 Å². The van der Waals surface area contributed by atoms with Crippen LogP contribution >= 0.6 is 0 Å². The van der Waals surface area contributed by atoms with Gasteiger partial charge in [-0.2, -0.15) is 8.42 Å². The van der Waals surface area contributed by atoms with Gasteiger partial charge in [0.15, 0.2) is 0 Å². The number of aromatic hydroxyl groups is 1. The van der Waals surface area contributed by atoms with Crippen LogP contribution in [-0.4, -0.2) is 82.6 Å². The summed E-state index contributed by atoms with van der Waals surface area (Å²) in [6, 6.07) is 9.28. The monoisotopic (exact) mass is 541 g/mol. The van der Waals surface area contributed by atoms with Crippen molar-refractivity contribution in [1.29, 1.82) is 0 Å². The average Bonchev–Trinajstić information content (AvgIpc) is 3.29. The number of fused-ring (bicyclic) bond motifs is 2. The SMILES string of the molecule is CCN(CC)C(=O)[C@@H]1C=C2c3cccc4[nH]cc(c34)C[C@H]2N(C)C1.O=C(O)c1cc(S(=O)(=O)O)ccc1O. The fourth-order valence-corrected chi connectivity index (χ4v) is 5.73. The van der Waals surface area contributed by atoms with Gasteiger partial charge in [-0.3, -0.25) is 14.2 Å². The number of carboxylic acids is 1. The van der Waals surface area contributed by atoms with Gasteiger partial charge < -0.3 is 20.1 Å². The number of likely N-dealkylation sites (N-methyl/N-ethyl adjacent to an activating group) is 1. The predicted molar refractivity (Wildman–Crippen MR) is 143 cm³/mol. The second-order valence-corrected chi connectivity index (χ2v) is 10.8. The van der Waals surface area contributed by atoms with Crippen LogP contribution in [0.3, 0.4) is 0 Å². The largest absolute Gasteiger partial charge is 0.507 e. The standard InChI is InChI=1S/C20H25N3O.C7H6O6S/c1-4-23(5-2)20(24)14-9-16-15-7-6-8-17-19(15)13(11-21-17)10-18(16)22(3)12-14;8-6-2-1-4(14(11,12)13)3-5(6)7(9)10/h6-9,11,14,18,21H,4-5,10,12H2,1-3H3;1-3,8H,(H,9,10)(H,11,12,13)/t14-,18-;/m1./s1. The maximum atomic E-state index is 12.9. The van der Waals surface area contributed by atoms with E-state index in [0.717, 1.165) is 38.2 Å². The van der Waals surface area contributed by atoms with Crippen LogP contribution in [0.5, 0.6) is 5.75 Å². The number of phenols is 1. The van der Waals surface area contributed by atoms with E-state index in [0.29, 0.717) is 12.1 Å². The van der Waals surface area contributed by atoms with Crippen molar-refractivity contribution in [1.82, 2.24) is 14.8 Å². The Kier molecular flexibility index (Phi) is 7.63. The highest BCUT2D eigenvalue weighted by Crippen LogP contribution is 2.41. The van der Waals surface area contributed by atoms with Crippen LogP contribution in [-0.2, 0) is 21.3 Å². The highest BCUT2D eigenvalue weighted by atomic mass is 32.2. The number of H-pyrrole nitrogens is 1. The third-order valence-corrected chi connectivity index (χ3v) is 8.01. The van der Waals surface area contributed by atoms with Gasteiger partial charge in [0.25, 0.3) is 10.1 Å². The lowest BCUT2D eigenvalue weighted by atomic mass is 9.79. The molecule has 1 amide bonds. The summed E-state index contributed by atoms with van der Waals surface area (Å²) in [5.41, 5.74) is 4.63. The summed E-state index contributed by atoms with van der Waals surface area (Å²) in [4.78, 5) is 30.5. The lowest BCUT2D eigenvalue weighted by Crippen LogP contribution is -2.47. The number of aromatic carboxylic acids is 1. The summed E-state index contributed by atoms with van der Waals surface area (Å²) in [5.74, 6) is -1.83. The van der Waals surface area contributed by atoms with Crippen molar-refractivity contribution in [3.63, 3.8) is 0 Å². The fourth-order valence-electron chi connectivity index (χ4n) is 5.22. The summed E-state index contributed by atoms with van der Waals surface area (Å²) in [5, 5.41) is 18.9. The lowest BCUT2D eigenvalue weighted by molar-refractivity contribution is -0.134. The Hall–Kier alpha value is -3.67. The van der Waals surface area contributed by atoms with Gasteiger partial charge in [0.2, 0.25) is 5.91 Å². The molecule has 3 aromatic rings. The van der Waals surface area contributed by atoms with Crippen molar-refractivity contribution in [2.75, 3.05) is 26.7 Å². The molecule has 0 saturated heterocycles. The Labute approximate surface area is 220 Å². The van der Waals surface area contributed by atoms with Gasteiger partial charge in [0.1, 0.15) is 11.3 Å². The summed E-state index contributed by atoms with van der Waals surface area (Å²) in [6.07, 6.45) is 5.41. The number of rotatable bonds is 5. The van der Waals surface area contributed by atoms with E-state index in [4.69, 9.17) is 14.8 Å². The number of aromatic nitrogens is 1. The number of nitrogens with zero attached hydrogens (tertiary/aromatic N) is 2. The zero-order chi connectivity index (χ0) is 27.8. The first-order valence-corrected chi connectivity index (χ1v) is 13.7. The second kappa shape index (κ2) is 10.6. The lowest BCUT2D eigenvalue weighted by Gasteiger charge is -2.40. The molecule has 0 bridgehead atoms. The molecule has 1 aliphatic heterocycles. The highest BCUT2D eigenvalue weighted by Gasteiger charge is 2.36. The summed E-state index contributed by atoms with van der Waals surface area (Å²) < 4.78 is 29.8. The van der Waals surface area contributed by atoms with Crippen molar-refractivity contribution in [2.45, 2.75) is 31.2 Å². The summed E-state index contributed by atoms with van der Waals surface area (Å²) >= 11 is 0. The third kappa shape index (κ3) is 5.17. The normalized spacial score (nSPS) is 18.7. The molecular weight excluding hydrogens is 510 g/mol. The van der Waals surface area contributed by atoms with Crippen LogP contribution < -0.4 is 0 Å². The van der Waals surface area contributed by atoms with E-state index in [1.165, 1.54) is 27.6 Å². The number of nitrogens with one attached hydrogen (secondary N) is 1. The number of hydrogen-bond acceptors (Lipinski definition) is 6.